The Labute approximate surface area is 185 Å². The minimum absolute atomic E-state index is 0.334. The lowest BCUT2D eigenvalue weighted by molar-refractivity contribution is -0.147. The van der Waals surface area contributed by atoms with Crippen LogP contribution in [0.5, 0.6) is 5.75 Å². The van der Waals surface area contributed by atoms with Crippen LogP contribution in [0, 0.1) is 5.41 Å². The van der Waals surface area contributed by atoms with Crippen molar-refractivity contribution in [3.63, 3.8) is 0 Å². The van der Waals surface area contributed by atoms with Gasteiger partial charge in [-0.15, -0.1) is 11.3 Å². The van der Waals surface area contributed by atoms with Crippen LogP contribution in [0.3, 0.4) is 0 Å². The van der Waals surface area contributed by atoms with Crippen LogP contribution in [0.4, 0.5) is 16.2 Å². The number of amides is 2. The molecule has 0 unspecified atom stereocenters. The van der Waals surface area contributed by atoms with Crippen LogP contribution in [0.1, 0.15) is 25.3 Å². The summed E-state index contributed by atoms with van der Waals surface area (Å²) in [6.07, 6.45) is 2.95. The van der Waals surface area contributed by atoms with E-state index in [1.165, 1.54) is 0 Å². The van der Waals surface area contributed by atoms with Gasteiger partial charge in [0.05, 0.1) is 22.4 Å². The van der Waals surface area contributed by atoms with Crippen molar-refractivity contribution in [1.29, 1.82) is 0 Å². The van der Waals surface area contributed by atoms with Crippen molar-refractivity contribution < 1.29 is 19.4 Å². The molecular formula is C23H25N3O4S. The number of hydrogen-bond acceptors (Lipinski definition) is 5. The number of ether oxygens (including phenoxy) is 1. The van der Waals surface area contributed by atoms with E-state index in [4.69, 9.17) is 4.74 Å². The highest BCUT2D eigenvalue weighted by Gasteiger charge is 2.27. The molecule has 3 N–H and O–H groups in total. The zero-order valence-corrected chi connectivity index (χ0v) is 18.5. The molecule has 2 amide bonds. The van der Waals surface area contributed by atoms with E-state index in [0.29, 0.717) is 24.2 Å². The van der Waals surface area contributed by atoms with E-state index in [1.54, 1.807) is 62.8 Å². The number of methoxy groups -OCH3 is 1. The van der Waals surface area contributed by atoms with Gasteiger partial charge in [0, 0.05) is 24.0 Å². The van der Waals surface area contributed by atoms with Crippen LogP contribution < -0.4 is 15.4 Å². The number of carbonyl (C=O) groups is 2. The number of urea groups is 1. The molecule has 2 aromatic carbocycles. The summed E-state index contributed by atoms with van der Waals surface area (Å²) in [7, 11) is 1.59. The van der Waals surface area contributed by atoms with Crippen molar-refractivity contribution >= 4 is 34.7 Å². The second-order valence-corrected chi connectivity index (χ2v) is 8.81. The van der Waals surface area contributed by atoms with Gasteiger partial charge in [0.2, 0.25) is 0 Å². The smallest absolute Gasteiger partial charge is 0.323 e. The number of anilines is 2. The van der Waals surface area contributed by atoms with Gasteiger partial charge in [-0.1, -0.05) is 12.1 Å². The quantitative estimate of drug-likeness (QED) is 0.430. The number of aromatic nitrogens is 1. The average molecular weight is 440 g/mol. The van der Waals surface area contributed by atoms with Gasteiger partial charge in [0.15, 0.2) is 0 Å². The summed E-state index contributed by atoms with van der Waals surface area (Å²) in [4.78, 5) is 28.9. The Morgan fingerprint density at radius 1 is 1.03 bits per heavy atom. The van der Waals surface area contributed by atoms with E-state index in [0.717, 1.165) is 21.2 Å². The van der Waals surface area contributed by atoms with Gasteiger partial charge in [-0.3, -0.25) is 4.79 Å². The maximum Gasteiger partial charge on any atom is 0.323 e. The second kappa shape index (κ2) is 9.61. The molecule has 7 nitrogen and oxygen atoms in total. The summed E-state index contributed by atoms with van der Waals surface area (Å²) < 4.78 is 5.10. The summed E-state index contributed by atoms with van der Waals surface area (Å²) in [6, 6.07) is 14.2. The first-order valence-corrected chi connectivity index (χ1v) is 10.6. The zero-order chi connectivity index (χ0) is 22.4. The molecule has 3 aromatic rings. The Balaban J connectivity index is 1.56. The Kier molecular flexibility index (Phi) is 6.91. The molecule has 3 rings (SSSR count). The first kappa shape index (κ1) is 22.3. The summed E-state index contributed by atoms with van der Waals surface area (Å²) in [6.45, 7) is 3.45. The molecule has 0 aliphatic rings. The van der Waals surface area contributed by atoms with Crippen molar-refractivity contribution in [2.45, 2.75) is 26.7 Å². The predicted molar refractivity (Wildman–Crippen MR) is 123 cm³/mol. The molecule has 0 saturated carbocycles. The fraction of sp³-hybridized carbons (Fsp3) is 0.261. The van der Waals surface area contributed by atoms with Crippen molar-refractivity contribution in [3.05, 3.63) is 59.7 Å². The van der Waals surface area contributed by atoms with Crippen molar-refractivity contribution in [2.24, 2.45) is 5.41 Å². The molecule has 0 fully saturated rings. The van der Waals surface area contributed by atoms with E-state index in [1.807, 2.05) is 24.3 Å². The van der Waals surface area contributed by atoms with Crippen LogP contribution >= 0.6 is 11.3 Å². The van der Waals surface area contributed by atoms with Gasteiger partial charge in [0.25, 0.3) is 0 Å². The van der Waals surface area contributed by atoms with Crippen LogP contribution in [-0.2, 0) is 11.2 Å². The zero-order valence-electron chi connectivity index (χ0n) is 17.6. The number of rotatable bonds is 8. The molecule has 0 bridgehead atoms. The van der Waals surface area contributed by atoms with E-state index in [9.17, 15) is 14.7 Å². The number of benzene rings is 2. The molecule has 8 heteroatoms. The molecule has 1 heterocycles. The first-order valence-electron chi connectivity index (χ1n) is 9.77. The largest absolute Gasteiger partial charge is 0.497 e. The minimum atomic E-state index is -0.802. The van der Waals surface area contributed by atoms with Crippen LogP contribution in [-0.4, -0.2) is 29.2 Å². The Bertz CT molecular complexity index is 1040. The first-order chi connectivity index (χ1) is 14.8. The van der Waals surface area contributed by atoms with Gasteiger partial charge >= 0.3 is 12.0 Å². The summed E-state index contributed by atoms with van der Waals surface area (Å²) in [5.41, 5.74) is 1.55. The third-order valence-electron chi connectivity index (χ3n) is 4.87. The minimum Gasteiger partial charge on any atom is -0.497 e. The van der Waals surface area contributed by atoms with Gasteiger partial charge < -0.3 is 20.5 Å². The lowest BCUT2D eigenvalue weighted by atomic mass is 9.88. The molecular weight excluding hydrogens is 414 g/mol. The van der Waals surface area contributed by atoms with Gasteiger partial charge in [-0.2, -0.15) is 0 Å². The van der Waals surface area contributed by atoms with Crippen molar-refractivity contribution in [1.82, 2.24) is 4.98 Å². The van der Waals surface area contributed by atoms with Crippen molar-refractivity contribution in [2.75, 3.05) is 17.7 Å². The molecule has 31 heavy (non-hydrogen) atoms. The second-order valence-electron chi connectivity index (χ2n) is 7.69. The van der Waals surface area contributed by atoms with Crippen LogP contribution in [0.15, 0.2) is 54.7 Å². The lowest BCUT2D eigenvalue weighted by Crippen LogP contribution is -2.24. The number of hydrogen-bond donors (Lipinski definition) is 3. The third kappa shape index (κ3) is 6.05. The number of nitrogens with one attached hydrogen (secondary N) is 2. The number of aryl methyl sites for hydroxylation is 1. The van der Waals surface area contributed by atoms with Crippen LogP contribution in [0.25, 0.3) is 10.4 Å². The highest BCUT2D eigenvalue weighted by atomic mass is 32.1. The van der Waals surface area contributed by atoms with E-state index < -0.39 is 11.4 Å². The van der Waals surface area contributed by atoms with Crippen LogP contribution in [0.2, 0.25) is 0 Å². The highest BCUT2D eigenvalue weighted by molar-refractivity contribution is 7.15. The molecule has 0 spiro atoms. The van der Waals surface area contributed by atoms with E-state index >= 15 is 0 Å². The maximum absolute atomic E-state index is 12.2. The number of carboxylic acids is 1. The highest BCUT2D eigenvalue weighted by Crippen LogP contribution is 2.30. The average Bonchev–Trinajstić information content (AvgIpc) is 3.22. The molecule has 162 valence electrons. The normalized spacial score (nSPS) is 11.1. The maximum atomic E-state index is 12.2. The number of carbonyl (C=O) groups excluding carboxylic acids is 1. The number of aliphatic carboxylic acids is 1. The fourth-order valence-corrected chi connectivity index (χ4v) is 3.69. The Morgan fingerprint density at radius 2 is 1.61 bits per heavy atom. The van der Waals surface area contributed by atoms with Gasteiger partial charge in [-0.25, -0.2) is 9.78 Å². The predicted octanol–water partition coefficient (Wildman–Crippen LogP) is 5.51. The Morgan fingerprint density at radius 3 is 2.16 bits per heavy atom. The van der Waals surface area contributed by atoms with Crippen molar-refractivity contribution in [3.8, 4) is 16.2 Å². The standard InChI is InChI=1S/C23H25N3O4S/c1-23(2,21(27)28)13-12-20-24-14-19(31-20)15-4-6-16(7-5-15)25-22(29)26-17-8-10-18(30-3)11-9-17/h4-11,14H,12-13H2,1-3H3,(H,27,28)(H2,25,26,29). The number of carboxylic acid groups (broad SMARTS) is 1. The lowest BCUT2D eigenvalue weighted by Gasteiger charge is -2.17. The SMILES string of the molecule is COc1ccc(NC(=O)Nc2ccc(-c3cnc(CCC(C)(C)C(=O)O)s3)cc2)cc1. The fourth-order valence-electron chi connectivity index (χ4n) is 2.77. The topological polar surface area (TPSA) is 101 Å². The monoisotopic (exact) mass is 439 g/mol. The molecule has 0 saturated heterocycles. The van der Waals surface area contributed by atoms with E-state index in [2.05, 4.69) is 15.6 Å². The number of nitrogens with zero attached hydrogens (tertiary/aromatic N) is 1. The summed E-state index contributed by atoms with van der Waals surface area (Å²) in [5.74, 6) is -0.0817. The molecule has 0 atom stereocenters. The third-order valence-corrected chi connectivity index (χ3v) is 5.98. The molecule has 1 aromatic heterocycles. The molecule has 0 radical (unpaired) electrons. The number of thiazole rings is 1. The summed E-state index contributed by atoms with van der Waals surface area (Å²) in [5, 5.41) is 15.7. The van der Waals surface area contributed by atoms with Gasteiger partial charge in [-0.05, 0) is 62.2 Å². The Hall–Kier alpha value is -3.39. The molecule has 0 aliphatic carbocycles. The summed E-state index contributed by atoms with van der Waals surface area (Å²) >= 11 is 1.55. The van der Waals surface area contributed by atoms with E-state index in [-0.39, 0.29) is 6.03 Å². The molecule has 0 aliphatic heterocycles. The van der Waals surface area contributed by atoms with Gasteiger partial charge in [0.1, 0.15) is 5.75 Å².